The van der Waals surface area contributed by atoms with E-state index < -0.39 is 0 Å². The van der Waals surface area contributed by atoms with Crippen LogP contribution < -0.4 is 0 Å². The maximum Gasteiger partial charge on any atom is 5.00 e. The molecule has 0 saturated heterocycles. The van der Waals surface area contributed by atoms with Crippen molar-refractivity contribution in [2.45, 2.75) is 69.2 Å². The van der Waals surface area contributed by atoms with E-state index >= 15 is 0 Å². The molecule has 0 spiro atoms. The summed E-state index contributed by atoms with van der Waals surface area (Å²) in [6.07, 6.45) is 0. The van der Waals surface area contributed by atoms with E-state index in [2.05, 4.69) is 117 Å². The molecular weight excluding hydrogens is 936 g/mol. The van der Waals surface area contributed by atoms with Crippen molar-refractivity contribution in [1.29, 1.82) is 0 Å². The van der Waals surface area contributed by atoms with Crippen LogP contribution in [0, 0.1) is 69.2 Å². The largest absolute Gasteiger partial charge is 5.00 e. The van der Waals surface area contributed by atoms with Crippen LogP contribution in [-0.2, 0) is 122 Å². The van der Waals surface area contributed by atoms with Crippen LogP contribution in [0.15, 0.2) is 0 Å². The van der Waals surface area contributed by atoms with Gasteiger partial charge in [0.25, 0.3) is 0 Å². The van der Waals surface area contributed by atoms with Gasteiger partial charge >= 0.3 is 52.5 Å². The second-order valence-electron chi connectivity index (χ2n) is 12.3. The Morgan fingerprint density at radius 3 is 0.688 bits per heavy atom. The van der Waals surface area contributed by atoms with E-state index in [0.717, 1.165) is 75.4 Å². The Morgan fingerprint density at radius 2 is 0.583 bits per heavy atom. The summed E-state index contributed by atoms with van der Waals surface area (Å²) in [6.45, 7) is 30.4. The molecule has 0 atom stereocenters. The zero-order chi connectivity index (χ0) is 34.6. The summed E-state index contributed by atoms with van der Waals surface area (Å²) >= 11 is 19.5. The maximum absolute atomic E-state index is 4.89. The van der Waals surface area contributed by atoms with Crippen molar-refractivity contribution < 1.29 is 71.9 Å². The monoisotopic (exact) mass is 1000 g/mol. The minimum atomic E-state index is 0. The zero-order valence-corrected chi connectivity index (χ0v) is 41.0. The Balaban J connectivity index is -0.000000119. The summed E-state index contributed by atoms with van der Waals surface area (Å²) in [4.78, 5) is 9.03. The van der Waals surface area contributed by atoms with E-state index in [9.17, 15) is 0 Å². The van der Waals surface area contributed by atoms with Gasteiger partial charge in [-0.25, -0.2) is 34.6 Å². The smallest absolute Gasteiger partial charge is 0.791 e. The van der Waals surface area contributed by atoms with E-state index in [1.165, 1.54) is 55.6 Å². The van der Waals surface area contributed by atoms with Gasteiger partial charge in [-0.15, -0.1) is 0 Å². The molecule has 2 aromatic rings. The van der Waals surface area contributed by atoms with Crippen LogP contribution in [0.2, 0.25) is 0 Å². The Labute approximate surface area is 366 Å². The Kier molecular flexibility index (Phi) is 46.8. The molecule has 0 amide bonds. The molecular formula is C36H66N4Ni2Ru2S4+. The van der Waals surface area contributed by atoms with Crippen molar-refractivity contribution >= 4 is 50.5 Å². The fraction of sp³-hybridized carbons (Fsp3) is 0.722. The summed E-state index contributed by atoms with van der Waals surface area (Å²) in [5.41, 5.74) is 14.7. The van der Waals surface area contributed by atoms with Crippen molar-refractivity contribution in [3.63, 3.8) is 0 Å². The van der Waals surface area contributed by atoms with Crippen molar-refractivity contribution in [3.05, 3.63) is 55.6 Å². The molecule has 0 unspecified atom stereocenters. The van der Waals surface area contributed by atoms with Gasteiger partial charge in [-0.1, -0.05) is 34.6 Å². The van der Waals surface area contributed by atoms with Crippen molar-refractivity contribution in [3.8, 4) is 0 Å². The van der Waals surface area contributed by atoms with E-state index in [0.29, 0.717) is 0 Å². The van der Waals surface area contributed by atoms with Gasteiger partial charge in [0, 0.05) is 45.7 Å². The molecule has 2 aromatic carbocycles. The summed E-state index contributed by atoms with van der Waals surface area (Å²) in [5.74, 6) is 3.28. The first-order valence-corrected chi connectivity index (χ1v) is 18.3. The molecule has 4 nitrogen and oxygen atoms in total. The molecule has 12 heteroatoms. The van der Waals surface area contributed by atoms with Gasteiger partial charge in [-0.2, -0.15) is 50.8 Å². The fourth-order valence-corrected chi connectivity index (χ4v) is 5.81. The number of nitrogens with zero attached hydrogens (tertiary/aromatic N) is 4. The molecule has 0 fully saturated rings. The molecule has 0 N–H and O–H groups in total. The van der Waals surface area contributed by atoms with Crippen LogP contribution in [0.3, 0.4) is 0 Å². The number of likely N-dealkylation sites (N-methyl/N-ethyl adjacent to an activating group) is 4. The summed E-state index contributed by atoms with van der Waals surface area (Å²) in [5, 5.41) is 0. The Bertz CT molecular complexity index is 774. The van der Waals surface area contributed by atoms with Crippen LogP contribution in [0.4, 0.5) is 0 Å². The molecule has 0 bridgehead atoms. The average molecular weight is 1000 g/mol. The Morgan fingerprint density at radius 1 is 0.417 bits per heavy atom. The Hall–Kier alpha value is 2.17. The van der Waals surface area contributed by atoms with Gasteiger partial charge in [0.1, 0.15) is 0 Å². The number of hydrogen-bond donors (Lipinski definition) is 0. The molecule has 289 valence electrons. The molecule has 0 aromatic heterocycles. The molecule has 0 aliphatic carbocycles. The number of rotatable bonds is 14. The van der Waals surface area contributed by atoms with Gasteiger partial charge in [-0.05, 0) is 54.4 Å². The maximum atomic E-state index is 4.89. The third kappa shape index (κ3) is 26.0. The molecule has 0 aliphatic rings. The van der Waals surface area contributed by atoms with Gasteiger partial charge in [-0.3, -0.25) is 0 Å². The van der Waals surface area contributed by atoms with E-state index in [4.69, 9.17) is 50.5 Å². The summed E-state index contributed by atoms with van der Waals surface area (Å²) < 4.78 is 0. The summed E-state index contributed by atoms with van der Waals surface area (Å²) in [6, 6.07) is 0. The second-order valence-corrected chi connectivity index (χ2v) is 13.9. The molecule has 48 heavy (non-hydrogen) atoms. The molecule has 0 aliphatic heterocycles. The molecule has 0 saturated carbocycles. The normalized spacial score (nSPS) is 10.1. The minimum absolute atomic E-state index is 0. The first-order chi connectivity index (χ1) is 20.5. The molecule has 0 heterocycles. The molecule has 3 radical (unpaired) electrons. The first-order valence-electron chi connectivity index (χ1n) is 16.0. The van der Waals surface area contributed by atoms with E-state index in [1.807, 2.05) is 0 Å². The van der Waals surface area contributed by atoms with E-state index in [1.54, 1.807) is 0 Å². The quantitative estimate of drug-likeness (QED) is 0.133. The van der Waals surface area contributed by atoms with Gasteiger partial charge in [0.05, 0.1) is 0 Å². The predicted molar refractivity (Wildman–Crippen MR) is 210 cm³/mol. The SMILES string of the molecule is CN(CC[S-])CCN(C)CC[S-].CN(CC[S-])CCN(C)CC[S-].C[c-]1[c-](C)[c-](C)[c-](C)[c-]1C.Cc1c(C)c(C)[c-](C)c1C.[Ni+3].[Ni+3].[Ru+5].[Ru]. The molecule has 2 rings (SSSR count). The standard InChI is InChI=1S/2C10H15.2C8H20N2S2.2Ni.2Ru/c2*1-6-7(2)9(4)10(5)8(6)3;2*1-9(5-7-11)3-4-10(2)6-8-12;;;;/h2*1-5H3;2*11-12H,3-8H2,1-2H3;;;;/q-5;-1;;;2*+3;;+5/p-4. The summed E-state index contributed by atoms with van der Waals surface area (Å²) in [7, 11) is 8.42. The third-order valence-corrected chi connectivity index (χ3v) is 9.97. The van der Waals surface area contributed by atoms with Gasteiger partial charge in [0.15, 0.2) is 0 Å². The number of hydrogen-bond acceptors (Lipinski definition) is 8. The van der Waals surface area contributed by atoms with Crippen molar-refractivity contribution in [2.75, 3.05) is 104 Å². The van der Waals surface area contributed by atoms with Gasteiger partial charge in [0.2, 0.25) is 0 Å². The first kappa shape index (κ1) is 62.2. The van der Waals surface area contributed by atoms with E-state index in [-0.39, 0.29) is 71.9 Å². The zero-order valence-electron chi connectivity index (χ0n) is 32.2. The third-order valence-electron chi connectivity index (χ3n) is 9.24. The van der Waals surface area contributed by atoms with Crippen LogP contribution >= 0.6 is 0 Å². The minimum Gasteiger partial charge on any atom is -0.791 e. The van der Waals surface area contributed by atoms with Gasteiger partial charge < -0.3 is 97.9 Å². The van der Waals surface area contributed by atoms with Crippen molar-refractivity contribution in [1.82, 2.24) is 19.6 Å². The van der Waals surface area contributed by atoms with Crippen molar-refractivity contribution in [2.24, 2.45) is 0 Å². The predicted octanol–water partition coefficient (Wildman–Crippen LogP) is 5.77. The fourth-order valence-electron chi connectivity index (χ4n) is 4.57. The average Bonchev–Trinajstić information content (AvgIpc) is 3.26. The van der Waals surface area contributed by atoms with Crippen LogP contribution in [-0.4, -0.2) is 123 Å². The topological polar surface area (TPSA) is 13.0 Å². The van der Waals surface area contributed by atoms with Crippen LogP contribution in [0.1, 0.15) is 55.6 Å². The van der Waals surface area contributed by atoms with Crippen LogP contribution in [0.5, 0.6) is 0 Å². The van der Waals surface area contributed by atoms with Crippen LogP contribution in [0.25, 0.3) is 0 Å². The second kappa shape index (κ2) is 36.2.